The lowest BCUT2D eigenvalue weighted by Crippen LogP contribution is -2.35. The molecule has 1 aliphatic rings. The zero-order valence-corrected chi connectivity index (χ0v) is 15.2. The molecule has 5 nitrogen and oxygen atoms in total. The van der Waals surface area contributed by atoms with E-state index < -0.39 is 0 Å². The summed E-state index contributed by atoms with van der Waals surface area (Å²) in [5.41, 5.74) is 2.55. The molecule has 3 aromatic rings. The van der Waals surface area contributed by atoms with Gasteiger partial charge in [-0.2, -0.15) is 0 Å². The van der Waals surface area contributed by atoms with E-state index in [2.05, 4.69) is 15.3 Å². The second-order valence-electron chi connectivity index (χ2n) is 6.82. The fraction of sp³-hybridized carbons (Fsp3) is 0.300. The molecule has 26 heavy (non-hydrogen) atoms. The van der Waals surface area contributed by atoms with Crippen molar-refractivity contribution >= 4 is 28.4 Å². The smallest absolute Gasteiger partial charge is 0.270 e. The number of fused-ring (bicyclic) bond motifs is 1. The third-order valence-corrected chi connectivity index (χ3v) is 5.07. The number of hydrogen-bond donors (Lipinski definition) is 2. The molecular formula is C20H21ClN4O. The normalized spacial score (nSPS) is 16.9. The number of nitrogens with zero attached hydrogens (tertiary/aromatic N) is 2. The Morgan fingerprint density at radius 3 is 3.00 bits per heavy atom. The van der Waals surface area contributed by atoms with Crippen LogP contribution < -0.4 is 5.32 Å². The Hall–Kier alpha value is -2.37. The lowest BCUT2D eigenvalue weighted by Gasteiger charge is -2.25. The average Bonchev–Trinajstić information content (AvgIpc) is 3.30. The first kappa shape index (κ1) is 17.1. The van der Waals surface area contributed by atoms with Crippen LogP contribution in [0.1, 0.15) is 22.5 Å². The van der Waals surface area contributed by atoms with Crippen LogP contribution in [0.3, 0.4) is 0 Å². The predicted octanol–water partition coefficient (Wildman–Crippen LogP) is 3.47. The molecule has 1 amide bonds. The minimum atomic E-state index is 0.00748. The van der Waals surface area contributed by atoms with Gasteiger partial charge in [0.05, 0.1) is 0 Å². The Morgan fingerprint density at radius 2 is 2.23 bits per heavy atom. The van der Waals surface area contributed by atoms with Gasteiger partial charge in [-0.25, -0.2) is 0 Å². The molecule has 0 bridgehead atoms. The summed E-state index contributed by atoms with van der Waals surface area (Å²) in [7, 11) is 0. The Balaban J connectivity index is 1.60. The molecule has 1 saturated heterocycles. The van der Waals surface area contributed by atoms with Crippen LogP contribution in [0.2, 0.25) is 5.02 Å². The van der Waals surface area contributed by atoms with Crippen molar-refractivity contribution in [3.05, 3.63) is 65.1 Å². The molecule has 2 aromatic heterocycles. The molecule has 1 aliphatic heterocycles. The quantitative estimate of drug-likeness (QED) is 0.725. The molecule has 1 atom stereocenters. The molecule has 3 heterocycles. The van der Waals surface area contributed by atoms with Gasteiger partial charge in [-0.1, -0.05) is 17.7 Å². The third-order valence-electron chi connectivity index (χ3n) is 4.84. The molecule has 1 aromatic carbocycles. The van der Waals surface area contributed by atoms with E-state index in [-0.39, 0.29) is 5.91 Å². The molecule has 1 fully saturated rings. The van der Waals surface area contributed by atoms with Crippen molar-refractivity contribution in [2.75, 3.05) is 19.6 Å². The molecule has 134 valence electrons. The molecule has 2 N–H and O–H groups in total. The second kappa shape index (κ2) is 7.48. The number of aromatic nitrogens is 2. The molecule has 0 aliphatic carbocycles. The molecule has 0 radical (unpaired) electrons. The van der Waals surface area contributed by atoms with Gasteiger partial charge >= 0.3 is 0 Å². The monoisotopic (exact) mass is 368 g/mol. The number of amides is 1. The van der Waals surface area contributed by atoms with Crippen LogP contribution in [0.5, 0.6) is 0 Å². The van der Waals surface area contributed by atoms with Gasteiger partial charge in [-0.15, -0.1) is 0 Å². The van der Waals surface area contributed by atoms with Crippen LogP contribution in [-0.2, 0) is 6.54 Å². The third kappa shape index (κ3) is 3.74. The summed E-state index contributed by atoms with van der Waals surface area (Å²) in [6.07, 6.45) is 4.66. The molecule has 6 heteroatoms. The largest absolute Gasteiger partial charge is 0.351 e. The first-order valence-corrected chi connectivity index (χ1v) is 9.24. The van der Waals surface area contributed by atoms with E-state index in [9.17, 15) is 4.79 Å². The summed E-state index contributed by atoms with van der Waals surface area (Å²) in [6.45, 7) is 3.26. The highest BCUT2D eigenvalue weighted by Crippen LogP contribution is 2.22. The number of carbonyl (C=O) groups excluding carboxylic acids is 1. The molecule has 4 rings (SSSR count). The predicted molar refractivity (Wildman–Crippen MR) is 103 cm³/mol. The fourth-order valence-corrected chi connectivity index (χ4v) is 3.68. The van der Waals surface area contributed by atoms with Crippen molar-refractivity contribution in [2.24, 2.45) is 5.92 Å². The van der Waals surface area contributed by atoms with Crippen molar-refractivity contribution in [2.45, 2.75) is 13.0 Å². The Bertz CT molecular complexity index is 903. The van der Waals surface area contributed by atoms with E-state index >= 15 is 0 Å². The van der Waals surface area contributed by atoms with Gasteiger partial charge in [0.1, 0.15) is 5.69 Å². The van der Waals surface area contributed by atoms with E-state index in [0.29, 0.717) is 23.2 Å². The summed E-state index contributed by atoms with van der Waals surface area (Å²) in [4.78, 5) is 22.5. The zero-order chi connectivity index (χ0) is 17.9. The summed E-state index contributed by atoms with van der Waals surface area (Å²) in [6, 6.07) is 11.4. The van der Waals surface area contributed by atoms with Gasteiger partial charge in [0, 0.05) is 41.4 Å². The van der Waals surface area contributed by atoms with Crippen LogP contribution in [0.15, 0.2) is 48.8 Å². The highest BCUT2D eigenvalue weighted by Gasteiger charge is 2.24. The number of halogens is 1. The lowest BCUT2D eigenvalue weighted by molar-refractivity contribution is 0.0713. The fourth-order valence-electron chi connectivity index (χ4n) is 3.50. The van der Waals surface area contributed by atoms with Crippen molar-refractivity contribution in [1.29, 1.82) is 0 Å². The van der Waals surface area contributed by atoms with Crippen LogP contribution in [0.4, 0.5) is 0 Å². The number of aromatic amines is 1. The number of benzene rings is 1. The number of pyridine rings is 1. The van der Waals surface area contributed by atoms with Crippen LogP contribution >= 0.6 is 11.6 Å². The van der Waals surface area contributed by atoms with Crippen molar-refractivity contribution < 1.29 is 4.79 Å². The summed E-state index contributed by atoms with van der Waals surface area (Å²) in [5.74, 6) is 0.488. The van der Waals surface area contributed by atoms with Crippen LogP contribution in [-0.4, -0.2) is 40.4 Å². The Morgan fingerprint density at radius 1 is 1.31 bits per heavy atom. The van der Waals surface area contributed by atoms with Gasteiger partial charge in [-0.3, -0.25) is 9.78 Å². The topological polar surface area (TPSA) is 61.0 Å². The lowest BCUT2D eigenvalue weighted by atomic mass is 10.1. The van der Waals surface area contributed by atoms with Crippen molar-refractivity contribution in [3.8, 4) is 0 Å². The van der Waals surface area contributed by atoms with Gasteiger partial charge in [-0.05, 0) is 61.3 Å². The number of nitrogens with one attached hydrogen (secondary N) is 2. The van der Waals surface area contributed by atoms with Gasteiger partial charge < -0.3 is 15.2 Å². The SMILES string of the molecule is O=C(c1cc2cc(Cl)ccc2[nH]1)N(Cc1cccnc1)CC1CCNC1. The van der Waals surface area contributed by atoms with Crippen LogP contribution in [0.25, 0.3) is 10.9 Å². The summed E-state index contributed by atoms with van der Waals surface area (Å²) >= 11 is 6.07. The van der Waals surface area contributed by atoms with Crippen molar-refractivity contribution in [3.63, 3.8) is 0 Å². The molecule has 1 unspecified atom stereocenters. The van der Waals surface area contributed by atoms with Gasteiger partial charge in [0.2, 0.25) is 0 Å². The van der Waals surface area contributed by atoms with E-state index in [0.717, 1.165) is 42.5 Å². The highest BCUT2D eigenvalue weighted by atomic mass is 35.5. The summed E-state index contributed by atoms with van der Waals surface area (Å²) < 4.78 is 0. The summed E-state index contributed by atoms with van der Waals surface area (Å²) in [5, 5.41) is 4.99. The second-order valence-corrected chi connectivity index (χ2v) is 7.26. The Labute approximate surface area is 157 Å². The Kier molecular flexibility index (Phi) is 4.91. The number of H-pyrrole nitrogens is 1. The highest BCUT2D eigenvalue weighted by molar-refractivity contribution is 6.31. The first-order chi connectivity index (χ1) is 12.7. The van der Waals surface area contributed by atoms with E-state index in [4.69, 9.17) is 11.6 Å². The maximum atomic E-state index is 13.2. The standard InChI is InChI=1S/C20H21ClN4O/c21-17-3-4-18-16(8-17)9-19(24-18)20(26)25(13-15-5-7-23-11-15)12-14-2-1-6-22-10-14/h1-4,6,8-10,15,23-24H,5,7,11-13H2. The van der Waals surface area contributed by atoms with Crippen LogP contribution in [0, 0.1) is 5.92 Å². The number of hydrogen-bond acceptors (Lipinski definition) is 3. The van der Waals surface area contributed by atoms with E-state index in [1.165, 1.54) is 0 Å². The number of carbonyl (C=O) groups is 1. The zero-order valence-electron chi connectivity index (χ0n) is 14.4. The molecular weight excluding hydrogens is 348 g/mol. The van der Waals surface area contributed by atoms with Gasteiger partial charge in [0.15, 0.2) is 0 Å². The maximum absolute atomic E-state index is 13.2. The molecule has 0 spiro atoms. The minimum absolute atomic E-state index is 0.00748. The van der Waals surface area contributed by atoms with E-state index in [1.54, 1.807) is 6.20 Å². The van der Waals surface area contributed by atoms with Crippen molar-refractivity contribution in [1.82, 2.24) is 20.2 Å². The minimum Gasteiger partial charge on any atom is -0.351 e. The first-order valence-electron chi connectivity index (χ1n) is 8.86. The maximum Gasteiger partial charge on any atom is 0.270 e. The average molecular weight is 369 g/mol. The number of rotatable bonds is 5. The van der Waals surface area contributed by atoms with E-state index in [1.807, 2.05) is 47.5 Å². The molecule has 0 saturated carbocycles. The van der Waals surface area contributed by atoms with Gasteiger partial charge in [0.25, 0.3) is 5.91 Å².